The molecule has 0 saturated heterocycles. The first-order chi connectivity index (χ1) is 10.7. The highest BCUT2D eigenvalue weighted by Gasteiger charge is 2.13. The van der Waals surface area contributed by atoms with E-state index in [-0.39, 0.29) is 5.91 Å². The van der Waals surface area contributed by atoms with Gasteiger partial charge in [-0.05, 0) is 30.4 Å². The van der Waals surface area contributed by atoms with Crippen LogP contribution in [-0.4, -0.2) is 35.6 Å². The number of thioether (sulfide) groups is 1. The summed E-state index contributed by atoms with van der Waals surface area (Å²) in [6.07, 6.45) is 2.94. The summed E-state index contributed by atoms with van der Waals surface area (Å²) in [7, 11) is 0. The highest BCUT2D eigenvalue weighted by atomic mass is 32.2. The summed E-state index contributed by atoms with van der Waals surface area (Å²) in [5.74, 6) is 1.44. The van der Waals surface area contributed by atoms with E-state index < -0.39 is 0 Å². The molecule has 0 radical (unpaired) electrons. The van der Waals surface area contributed by atoms with Crippen LogP contribution < -0.4 is 14.8 Å². The Bertz CT molecular complexity index is 675. The molecule has 1 N–H and O–H groups in total. The summed E-state index contributed by atoms with van der Waals surface area (Å²) in [5, 5.41) is 11.2. The van der Waals surface area contributed by atoms with E-state index in [1.165, 1.54) is 23.1 Å². The number of rotatable bonds is 5. The molecule has 6 nitrogen and oxygen atoms in total. The molecular formula is C14H15N3O3S2. The Morgan fingerprint density at radius 3 is 2.91 bits per heavy atom. The molecule has 1 aromatic carbocycles. The maximum Gasteiger partial charge on any atom is 0.226 e. The minimum atomic E-state index is -0.0707. The predicted octanol–water partition coefficient (Wildman–Crippen LogP) is 2.60. The van der Waals surface area contributed by atoms with Crippen molar-refractivity contribution in [2.75, 3.05) is 24.8 Å². The number of carbonyl (C=O) groups excluding carboxylic acids is 1. The number of nitrogens with zero attached hydrogens (tertiary/aromatic N) is 2. The quantitative estimate of drug-likeness (QED) is 0.668. The van der Waals surface area contributed by atoms with Gasteiger partial charge in [-0.15, -0.1) is 10.2 Å². The summed E-state index contributed by atoms with van der Waals surface area (Å²) in [6, 6.07) is 5.77. The first-order valence-corrected chi connectivity index (χ1v) is 8.84. The normalized spacial score (nSPS) is 13.0. The minimum Gasteiger partial charge on any atom is -0.486 e. The number of aryl methyl sites for hydroxylation is 1. The molecule has 0 saturated carbocycles. The summed E-state index contributed by atoms with van der Waals surface area (Å²) in [5.41, 5.74) is 1.04. The molecule has 1 aliphatic rings. The second-order valence-corrected chi connectivity index (χ2v) is 6.63. The molecule has 8 heteroatoms. The Hall–Kier alpha value is -1.80. The van der Waals surface area contributed by atoms with Crippen LogP contribution in [-0.2, 0) is 11.2 Å². The Kier molecular flexibility index (Phi) is 4.79. The molecular weight excluding hydrogens is 322 g/mol. The first kappa shape index (κ1) is 15.1. The summed E-state index contributed by atoms with van der Waals surface area (Å²) in [6.45, 7) is 1.14. The molecule has 2 aromatic rings. The van der Waals surface area contributed by atoms with Crippen molar-refractivity contribution < 1.29 is 14.3 Å². The zero-order chi connectivity index (χ0) is 15.4. The van der Waals surface area contributed by atoms with E-state index in [2.05, 4.69) is 15.5 Å². The van der Waals surface area contributed by atoms with Crippen molar-refractivity contribution in [1.29, 1.82) is 0 Å². The molecule has 116 valence electrons. The number of anilines is 1. The van der Waals surface area contributed by atoms with Crippen LogP contribution in [0.3, 0.4) is 0 Å². The lowest BCUT2D eigenvalue weighted by molar-refractivity contribution is -0.116. The zero-order valence-electron chi connectivity index (χ0n) is 12.0. The smallest absolute Gasteiger partial charge is 0.226 e. The van der Waals surface area contributed by atoms with Gasteiger partial charge in [0.15, 0.2) is 15.8 Å². The van der Waals surface area contributed by atoms with Crippen LogP contribution in [0.2, 0.25) is 0 Å². The Morgan fingerprint density at radius 2 is 2.14 bits per heavy atom. The first-order valence-electron chi connectivity index (χ1n) is 6.80. The summed E-state index contributed by atoms with van der Waals surface area (Å²) >= 11 is 2.88. The number of benzene rings is 1. The topological polar surface area (TPSA) is 73.3 Å². The van der Waals surface area contributed by atoms with Gasteiger partial charge in [-0.1, -0.05) is 29.2 Å². The highest BCUT2D eigenvalue weighted by Crippen LogP contribution is 2.31. The van der Waals surface area contributed by atoms with E-state index in [9.17, 15) is 4.79 Å². The van der Waals surface area contributed by atoms with Crippen LogP contribution in [0.5, 0.6) is 11.5 Å². The third kappa shape index (κ3) is 3.69. The van der Waals surface area contributed by atoms with Gasteiger partial charge in [0.2, 0.25) is 11.0 Å². The second kappa shape index (κ2) is 6.97. The van der Waals surface area contributed by atoms with Gasteiger partial charge in [0, 0.05) is 6.42 Å². The van der Waals surface area contributed by atoms with Crippen molar-refractivity contribution in [3.63, 3.8) is 0 Å². The van der Waals surface area contributed by atoms with E-state index in [0.717, 1.165) is 21.4 Å². The fraction of sp³-hybridized carbons (Fsp3) is 0.357. The number of hydrogen-bond donors (Lipinski definition) is 1. The van der Waals surface area contributed by atoms with Crippen LogP contribution in [0.4, 0.5) is 5.13 Å². The van der Waals surface area contributed by atoms with Gasteiger partial charge >= 0.3 is 0 Å². The number of carbonyl (C=O) groups is 1. The molecule has 0 spiro atoms. The molecule has 22 heavy (non-hydrogen) atoms. The van der Waals surface area contributed by atoms with Crippen molar-refractivity contribution in [2.45, 2.75) is 17.2 Å². The zero-order valence-corrected chi connectivity index (χ0v) is 13.6. The van der Waals surface area contributed by atoms with Crippen LogP contribution in [0.25, 0.3) is 0 Å². The van der Waals surface area contributed by atoms with Crippen molar-refractivity contribution in [1.82, 2.24) is 10.2 Å². The fourth-order valence-electron chi connectivity index (χ4n) is 2.03. The van der Waals surface area contributed by atoms with Gasteiger partial charge in [0.1, 0.15) is 13.2 Å². The molecule has 0 atom stereocenters. The number of nitrogens with one attached hydrogen (secondary N) is 1. The van der Waals surface area contributed by atoms with Crippen molar-refractivity contribution in [3.8, 4) is 11.5 Å². The Morgan fingerprint density at radius 1 is 1.32 bits per heavy atom. The average molecular weight is 337 g/mol. The lowest BCUT2D eigenvalue weighted by atomic mass is 10.1. The van der Waals surface area contributed by atoms with Gasteiger partial charge in [0.25, 0.3) is 0 Å². The standard InChI is InChI=1S/C14H15N3O3S2/c1-21-14-17-16-13(22-14)15-12(18)5-3-9-2-4-10-11(8-9)20-7-6-19-10/h2,4,8H,3,5-7H2,1H3,(H,15,16,18). The third-order valence-corrected chi connectivity index (χ3v) is 4.89. The maximum atomic E-state index is 11.9. The molecule has 3 rings (SSSR count). The van der Waals surface area contributed by atoms with Gasteiger partial charge in [0.05, 0.1) is 0 Å². The number of amides is 1. The molecule has 0 aliphatic carbocycles. The lowest BCUT2D eigenvalue weighted by Gasteiger charge is -2.18. The van der Waals surface area contributed by atoms with Crippen LogP contribution in [0.15, 0.2) is 22.5 Å². The van der Waals surface area contributed by atoms with Crippen molar-refractivity contribution in [2.24, 2.45) is 0 Å². The van der Waals surface area contributed by atoms with E-state index in [4.69, 9.17) is 9.47 Å². The lowest BCUT2D eigenvalue weighted by Crippen LogP contribution is -2.15. The molecule has 0 fully saturated rings. The predicted molar refractivity (Wildman–Crippen MR) is 86.1 cm³/mol. The summed E-state index contributed by atoms with van der Waals surface area (Å²) < 4.78 is 11.8. The minimum absolute atomic E-state index is 0.0707. The number of aromatic nitrogens is 2. The monoisotopic (exact) mass is 337 g/mol. The Balaban J connectivity index is 1.54. The maximum absolute atomic E-state index is 11.9. The van der Waals surface area contributed by atoms with Crippen molar-refractivity contribution in [3.05, 3.63) is 23.8 Å². The largest absolute Gasteiger partial charge is 0.486 e. The second-order valence-electron chi connectivity index (χ2n) is 4.60. The third-order valence-electron chi connectivity index (χ3n) is 3.07. The SMILES string of the molecule is CSc1nnc(NC(=O)CCc2ccc3c(c2)OCCO3)s1. The molecule has 1 aromatic heterocycles. The van der Waals surface area contributed by atoms with Gasteiger partial charge in [-0.2, -0.15) is 0 Å². The molecule has 1 aliphatic heterocycles. The molecule has 1 amide bonds. The van der Waals surface area contributed by atoms with E-state index in [1.807, 2.05) is 24.5 Å². The molecule has 2 heterocycles. The number of fused-ring (bicyclic) bond motifs is 1. The molecule has 0 bridgehead atoms. The average Bonchev–Trinajstić information content (AvgIpc) is 3.00. The van der Waals surface area contributed by atoms with Crippen LogP contribution in [0, 0.1) is 0 Å². The van der Waals surface area contributed by atoms with Gasteiger partial charge in [-0.3, -0.25) is 4.79 Å². The number of hydrogen-bond acceptors (Lipinski definition) is 7. The highest BCUT2D eigenvalue weighted by molar-refractivity contribution is 8.00. The fourth-order valence-corrected chi connectivity index (χ4v) is 3.21. The van der Waals surface area contributed by atoms with Gasteiger partial charge < -0.3 is 14.8 Å². The van der Waals surface area contributed by atoms with E-state index in [1.54, 1.807) is 0 Å². The van der Waals surface area contributed by atoms with Crippen LogP contribution >= 0.6 is 23.1 Å². The molecule has 0 unspecified atom stereocenters. The van der Waals surface area contributed by atoms with E-state index >= 15 is 0 Å². The number of ether oxygens (including phenoxy) is 2. The van der Waals surface area contributed by atoms with E-state index in [0.29, 0.717) is 31.2 Å². The van der Waals surface area contributed by atoms with Crippen LogP contribution in [0.1, 0.15) is 12.0 Å². The van der Waals surface area contributed by atoms with Crippen molar-refractivity contribution >= 4 is 34.1 Å². The van der Waals surface area contributed by atoms with Gasteiger partial charge in [-0.25, -0.2) is 0 Å². The summed E-state index contributed by atoms with van der Waals surface area (Å²) in [4.78, 5) is 11.9. The Labute approximate surface area is 136 Å².